The fourth-order valence-corrected chi connectivity index (χ4v) is 2.84. The number of thiophene rings is 1. The number of benzene rings is 1. The number of ether oxygens (including phenoxy) is 3. The largest absolute Gasteiger partial charge is 0.493 e. The molecule has 0 unspecified atom stereocenters. The second-order valence-corrected chi connectivity index (χ2v) is 5.90. The van der Waals surface area contributed by atoms with E-state index in [2.05, 4.69) is 24.4 Å². The van der Waals surface area contributed by atoms with Crippen molar-refractivity contribution in [1.29, 1.82) is 0 Å². The highest BCUT2D eigenvalue weighted by Crippen LogP contribution is 2.36. The van der Waals surface area contributed by atoms with Gasteiger partial charge in [-0.25, -0.2) is 0 Å². The Morgan fingerprint density at radius 1 is 1.05 bits per heavy atom. The molecule has 0 aliphatic heterocycles. The first kappa shape index (κ1) is 15.7. The molecule has 0 saturated heterocycles. The summed E-state index contributed by atoms with van der Waals surface area (Å²) in [6.45, 7) is 4.30. The zero-order chi connectivity index (χ0) is 15.1. The second kappa shape index (κ2) is 7.90. The van der Waals surface area contributed by atoms with E-state index in [1.807, 2.05) is 29.5 Å². The lowest BCUT2D eigenvalue weighted by atomic mass is 10.3. The molecular weight excluding hydrogens is 286 g/mol. The molecule has 2 aromatic rings. The molecule has 0 atom stereocenters. The average Bonchev–Trinajstić information content (AvgIpc) is 2.92. The average molecular weight is 307 g/mol. The summed E-state index contributed by atoms with van der Waals surface area (Å²) in [4.78, 5) is 2.67. The van der Waals surface area contributed by atoms with Gasteiger partial charge >= 0.3 is 0 Å². The number of rotatable bonds is 8. The Balaban J connectivity index is 1.80. The second-order valence-electron chi connectivity index (χ2n) is 4.53. The zero-order valence-electron chi connectivity index (χ0n) is 12.6. The van der Waals surface area contributed by atoms with Gasteiger partial charge in [0.2, 0.25) is 5.75 Å². The Hall–Kier alpha value is -1.72. The molecule has 1 N–H and O–H groups in total. The molecular formula is C16H21NO3S. The summed E-state index contributed by atoms with van der Waals surface area (Å²) in [5, 5.41) is 3.36. The first-order valence-electron chi connectivity index (χ1n) is 6.84. The molecule has 114 valence electrons. The predicted octanol–water partition coefficient (Wildman–Crippen LogP) is 3.24. The minimum absolute atomic E-state index is 0.557. The molecule has 0 bridgehead atoms. The number of para-hydroxylation sites is 1. The van der Waals surface area contributed by atoms with Crippen molar-refractivity contribution < 1.29 is 14.2 Å². The molecule has 0 saturated carbocycles. The molecule has 0 aliphatic carbocycles. The number of methoxy groups -OCH3 is 2. The highest BCUT2D eigenvalue weighted by molar-refractivity contribution is 7.11. The highest BCUT2D eigenvalue weighted by atomic mass is 32.1. The third-order valence-electron chi connectivity index (χ3n) is 3.00. The van der Waals surface area contributed by atoms with Gasteiger partial charge in [-0.3, -0.25) is 0 Å². The SMILES string of the molecule is COc1cccc(OC)c1OCCNCc1ccc(C)s1. The van der Waals surface area contributed by atoms with Gasteiger partial charge in [0, 0.05) is 22.8 Å². The van der Waals surface area contributed by atoms with Crippen LogP contribution in [0.5, 0.6) is 17.2 Å². The smallest absolute Gasteiger partial charge is 0.203 e. The van der Waals surface area contributed by atoms with Gasteiger partial charge in [-0.05, 0) is 31.2 Å². The molecule has 5 heteroatoms. The van der Waals surface area contributed by atoms with Crippen LogP contribution >= 0.6 is 11.3 Å². The van der Waals surface area contributed by atoms with E-state index >= 15 is 0 Å². The maximum atomic E-state index is 5.78. The molecule has 4 nitrogen and oxygen atoms in total. The van der Waals surface area contributed by atoms with Crippen LogP contribution in [-0.2, 0) is 6.54 Å². The van der Waals surface area contributed by atoms with Gasteiger partial charge in [0.15, 0.2) is 11.5 Å². The minimum atomic E-state index is 0.557. The topological polar surface area (TPSA) is 39.7 Å². The summed E-state index contributed by atoms with van der Waals surface area (Å²) in [6.07, 6.45) is 0. The van der Waals surface area contributed by atoms with Crippen molar-refractivity contribution in [3.05, 3.63) is 40.1 Å². The Bertz CT molecular complexity index is 546. The van der Waals surface area contributed by atoms with Gasteiger partial charge in [-0.1, -0.05) is 6.07 Å². The Kier molecular flexibility index (Phi) is 5.90. The van der Waals surface area contributed by atoms with Crippen molar-refractivity contribution in [2.24, 2.45) is 0 Å². The lowest BCUT2D eigenvalue weighted by Gasteiger charge is -2.14. The van der Waals surface area contributed by atoms with Gasteiger partial charge in [-0.15, -0.1) is 11.3 Å². The van der Waals surface area contributed by atoms with Gasteiger partial charge in [-0.2, -0.15) is 0 Å². The molecule has 0 amide bonds. The quantitative estimate of drug-likeness (QED) is 0.760. The van der Waals surface area contributed by atoms with Crippen LogP contribution < -0.4 is 19.5 Å². The monoisotopic (exact) mass is 307 g/mol. The molecule has 0 radical (unpaired) electrons. The van der Waals surface area contributed by atoms with Gasteiger partial charge in [0.05, 0.1) is 14.2 Å². The maximum Gasteiger partial charge on any atom is 0.203 e. The summed E-state index contributed by atoms with van der Waals surface area (Å²) in [7, 11) is 3.25. The molecule has 0 spiro atoms. The standard InChI is InChI=1S/C16H21NO3S/c1-12-7-8-13(21-12)11-17-9-10-20-16-14(18-2)5-4-6-15(16)19-3/h4-8,17H,9-11H2,1-3H3. The molecule has 21 heavy (non-hydrogen) atoms. The first-order chi connectivity index (χ1) is 10.2. The summed E-state index contributed by atoms with van der Waals surface area (Å²) in [5.41, 5.74) is 0. The number of hydrogen-bond acceptors (Lipinski definition) is 5. The van der Waals surface area contributed by atoms with E-state index in [0.717, 1.165) is 13.1 Å². The van der Waals surface area contributed by atoms with Gasteiger partial charge in [0.25, 0.3) is 0 Å². The van der Waals surface area contributed by atoms with Crippen LogP contribution in [0, 0.1) is 6.92 Å². The molecule has 0 fully saturated rings. The number of nitrogens with one attached hydrogen (secondary N) is 1. The van der Waals surface area contributed by atoms with Crippen molar-refractivity contribution in [3.8, 4) is 17.2 Å². The number of aryl methyl sites for hydroxylation is 1. The van der Waals surface area contributed by atoms with E-state index in [4.69, 9.17) is 14.2 Å². The maximum absolute atomic E-state index is 5.78. The Labute approximate surface area is 129 Å². The fourth-order valence-electron chi connectivity index (χ4n) is 1.98. The van der Waals surface area contributed by atoms with Crippen LogP contribution in [-0.4, -0.2) is 27.4 Å². The summed E-state index contributed by atoms with van der Waals surface area (Å²) < 4.78 is 16.4. The summed E-state index contributed by atoms with van der Waals surface area (Å²) in [6, 6.07) is 9.89. The van der Waals surface area contributed by atoms with Crippen LogP contribution in [0.3, 0.4) is 0 Å². The third-order valence-corrected chi connectivity index (χ3v) is 4.00. The predicted molar refractivity (Wildman–Crippen MR) is 85.8 cm³/mol. The van der Waals surface area contributed by atoms with Crippen LogP contribution in [0.25, 0.3) is 0 Å². The van der Waals surface area contributed by atoms with E-state index in [9.17, 15) is 0 Å². The van der Waals surface area contributed by atoms with E-state index in [0.29, 0.717) is 23.9 Å². The van der Waals surface area contributed by atoms with E-state index in [-0.39, 0.29) is 0 Å². The molecule has 0 aliphatic rings. The third kappa shape index (κ3) is 4.37. The van der Waals surface area contributed by atoms with E-state index in [1.165, 1.54) is 9.75 Å². The lowest BCUT2D eigenvalue weighted by molar-refractivity contribution is 0.273. The highest BCUT2D eigenvalue weighted by Gasteiger charge is 2.10. The molecule has 1 aromatic heterocycles. The zero-order valence-corrected chi connectivity index (χ0v) is 13.5. The first-order valence-corrected chi connectivity index (χ1v) is 7.66. The Morgan fingerprint density at radius 2 is 1.76 bits per heavy atom. The van der Waals surface area contributed by atoms with Crippen molar-refractivity contribution in [3.63, 3.8) is 0 Å². The number of hydrogen-bond donors (Lipinski definition) is 1. The van der Waals surface area contributed by atoms with Crippen molar-refractivity contribution >= 4 is 11.3 Å². The van der Waals surface area contributed by atoms with Gasteiger partial charge in [0.1, 0.15) is 6.61 Å². The van der Waals surface area contributed by atoms with E-state index in [1.54, 1.807) is 14.2 Å². The Morgan fingerprint density at radius 3 is 2.33 bits per heavy atom. The normalized spacial score (nSPS) is 10.4. The summed E-state index contributed by atoms with van der Waals surface area (Å²) >= 11 is 1.81. The minimum Gasteiger partial charge on any atom is -0.493 e. The van der Waals surface area contributed by atoms with Crippen molar-refractivity contribution in [2.75, 3.05) is 27.4 Å². The van der Waals surface area contributed by atoms with E-state index < -0.39 is 0 Å². The molecule has 1 heterocycles. The van der Waals surface area contributed by atoms with Crippen LogP contribution in [0.15, 0.2) is 30.3 Å². The van der Waals surface area contributed by atoms with Crippen molar-refractivity contribution in [2.45, 2.75) is 13.5 Å². The van der Waals surface area contributed by atoms with Gasteiger partial charge < -0.3 is 19.5 Å². The van der Waals surface area contributed by atoms with Crippen molar-refractivity contribution in [1.82, 2.24) is 5.32 Å². The lowest BCUT2D eigenvalue weighted by Crippen LogP contribution is -2.20. The van der Waals surface area contributed by atoms with Crippen LogP contribution in [0.4, 0.5) is 0 Å². The molecule has 2 rings (SSSR count). The fraction of sp³-hybridized carbons (Fsp3) is 0.375. The molecule has 1 aromatic carbocycles. The van der Waals surface area contributed by atoms with Crippen LogP contribution in [0.2, 0.25) is 0 Å². The van der Waals surface area contributed by atoms with Crippen LogP contribution in [0.1, 0.15) is 9.75 Å². The summed E-state index contributed by atoms with van der Waals surface area (Å²) in [5.74, 6) is 2.02.